The largest absolute Gasteiger partial charge is 0.457 e. The molecule has 6 aromatic carbocycles. The predicted molar refractivity (Wildman–Crippen MR) is 196 cm³/mol. The smallest absolute Gasteiger partial charge is 0.132 e. The summed E-state index contributed by atoms with van der Waals surface area (Å²) in [5.74, 6) is 2.30. The summed E-state index contributed by atoms with van der Waals surface area (Å²) < 4.78 is 6.72. The van der Waals surface area contributed by atoms with Crippen molar-refractivity contribution in [1.82, 2.24) is 0 Å². The Morgan fingerprint density at radius 2 is 1.29 bits per heavy atom. The third kappa shape index (κ3) is 4.21. The minimum atomic E-state index is -0.367. The lowest BCUT2D eigenvalue weighted by molar-refractivity contribution is 0.374. The molecule has 3 heteroatoms. The topological polar surface area (TPSA) is 56.9 Å². The number of rotatable bonds is 5. The van der Waals surface area contributed by atoms with Crippen LogP contribution in [0.2, 0.25) is 0 Å². The molecule has 0 amide bonds. The highest BCUT2D eigenvalue weighted by Gasteiger charge is 2.56. The molecule has 1 spiro atoms. The van der Waals surface area contributed by atoms with Gasteiger partial charge in [-0.3, -0.25) is 0 Å². The van der Waals surface area contributed by atoms with Crippen LogP contribution in [-0.2, 0) is 5.41 Å². The van der Waals surface area contributed by atoms with Crippen LogP contribution in [0.25, 0.3) is 21.9 Å². The van der Waals surface area contributed by atoms with Gasteiger partial charge in [0, 0.05) is 28.5 Å². The van der Waals surface area contributed by atoms with E-state index in [1.165, 1.54) is 22.3 Å². The number of allylic oxidation sites excluding steroid dienone is 6. The van der Waals surface area contributed by atoms with Crippen LogP contribution in [0.1, 0.15) is 39.3 Å². The Labute approximate surface area is 280 Å². The highest BCUT2D eigenvalue weighted by atomic mass is 16.5. The summed E-state index contributed by atoms with van der Waals surface area (Å²) in [7, 11) is 0. The van der Waals surface area contributed by atoms with Crippen molar-refractivity contribution in [2.24, 2.45) is 5.92 Å². The number of fused-ring (bicyclic) bond motifs is 10. The molecule has 0 aromatic heterocycles. The molecule has 0 bridgehead atoms. The SMILES string of the molecule is N=C(/C=C\C(=N)c1cccc2ccccc12)c1cccc(-c2ccc3c(c2)Oc2ccccc2C32c3ccccc3C3C=CC=CC32)c1. The Bertz CT molecular complexity index is 2390. The van der Waals surface area contributed by atoms with Crippen LogP contribution in [0.4, 0.5) is 0 Å². The fourth-order valence-corrected chi connectivity index (χ4v) is 8.23. The second-order valence-corrected chi connectivity index (χ2v) is 12.8. The van der Waals surface area contributed by atoms with Crippen molar-refractivity contribution in [3.8, 4) is 22.6 Å². The van der Waals surface area contributed by atoms with Gasteiger partial charge in [-0.1, -0.05) is 140 Å². The van der Waals surface area contributed by atoms with Crippen molar-refractivity contribution in [3.05, 3.63) is 203 Å². The van der Waals surface area contributed by atoms with Crippen LogP contribution in [-0.4, -0.2) is 11.4 Å². The molecule has 3 unspecified atom stereocenters. The molecule has 0 saturated carbocycles. The first-order valence-corrected chi connectivity index (χ1v) is 16.4. The molecule has 1 aliphatic heterocycles. The summed E-state index contributed by atoms with van der Waals surface area (Å²) in [6, 6.07) is 46.2. The number of ether oxygens (including phenoxy) is 1. The standard InChI is InChI=1S/C45H32N2O/c46-41(25-26-42(47)36-18-10-12-29-11-1-2-15-33(29)36)32-14-9-13-30(27-32)31-23-24-40-44(28-31)48-43-22-8-7-21-39(43)45(40)37-19-5-3-16-34(37)35-17-4-6-20-38(35)45/h1-28,34,37,46-47H/b26-25-,46-41?,47-42?. The Kier molecular flexibility index (Phi) is 6.48. The quantitative estimate of drug-likeness (QED) is 0.186. The van der Waals surface area contributed by atoms with Crippen LogP contribution in [0.15, 0.2) is 170 Å². The van der Waals surface area contributed by atoms with Gasteiger partial charge in [0.15, 0.2) is 0 Å². The van der Waals surface area contributed by atoms with Crippen LogP contribution < -0.4 is 4.74 Å². The fraction of sp³-hybridized carbons (Fsp3) is 0.0667. The van der Waals surface area contributed by atoms with E-state index in [0.717, 1.165) is 44.5 Å². The minimum absolute atomic E-state index is 0.234. The molecule has 0 fully saturated rings. The van der Waals surface area contributed by atoms with Gasteiger partial charge in [-0.2, -0.15) is 0 Å². The maximum atomic E-state index is 8.88. The molecular weight excluding hydrogens is 585 g/mol. The maximum Gasteiger partial charge on any atom is 0.132 e. The normalized spacial score (nSPS) is 19.8. The first-order valence-electron chi connectivity index (χ1n) is 16.4. The Hall–Kier alpha value is -6.06. The van der Waals surface area contributed by atoms with Crippen molar-refractivity contribution in [2.75, 3.05) is 0 Å². The Morgan fingerprint density at radius 1 is 0.583 bits per heavy atom. The maximum absolute atomic E-state index is 8.88. The van der Waals surface area contributed by atoms with Gasteiger partial charge in [0.05, 0.1) is 16.8 Å². The summed E-state index contributed by atoms with van der Waals surface area (Å²) in [6.07, 6.45) is 12.6. The van der Waals surface area contributed by atoms with Gasteiger partial charge in [-0.05, 0) is 68.9 Å². The lowest BCUT2D eigenvalue weighted by Gasteiger charge is -2.43. The van der Waals surface area contributed by atoms with Gasteiger partial charge in [0.25, 0.3) is 0 Å². The minimum Gasteiger partial charge on any atom is -0.457 e. The van der Waals surface area contributed by atoms with E-state index in [9.17, 15) is 0 Å². The van der Waals surface area contributed by atoms with Crippen LogP contribution >= 0.6 is 0 Å². The van der Waals surface area contributed by atoms with E-state index in [2.05, 4.69) is 115 Å². The molecule has 48 heavy (non-hydrogen) atoms. The third-order valence-corrected chi connectivity index (χ3v) is 10.3. The Morgan fingerprint density at radius 3 is 2.23 bits per heavy atom. The third-order valence-electron chi connectivity index (χ3n) is 10.3. The molecule has 3 aliphatic rings. The van der Waals surface area contributed by atoms with Crippen molar-refractivity contribution >= 4 is 22.2 Å². The van der Waals surface area contributed by atoms with Gasteiger partial charge in [-0.25, -0.2) is 0 Å². The lowest BCUT2D eigenvalue weighted by Crippen LogP contribution is -2.37. The monoisotopic (exact) mass is 616 g/mol. The number of hydrogen-bond donors (Lipinski definition) is 2. The van der Waals surface area contributed by atoms with Gasteiger partial charge in [-0.15, -0.1) is 0 Å². The average molecular weight is 617 g/mol. The van der Waals surface area contributed by atoms with Crippen molar-refractivity contribution < 1.29 is 4.74 Å². The van der Waals surface area contributed by atoms with E-state index in [0.29, 0.717) is 17.3 Å². The second kappa shape index (κ2) is 11.0. The Balaban J connectivity index is 1.08. The summed E-state index contributed by atoms with van der Waals surface area (Å²) in [6.45, 7) is 0. The molecule has 3 atom stereocenters. The summed E-state index contributed by atoms with van der Waals surface area (Å²) in [5, 5.41) is 19.8. The van der Waals surface area contributed by atoms with Gasteiger partial charge in [0.2, 0.25) is 0 Å². The van der Waals surface area contributed by atoms with Crippen LogP contribution in [0.3, 0.4) is 0 Å². The zero-order valence-electron chi connectivity index (χ0n) is 26.2. The highest BCUT2D eigenvalue weighted by Crippen LogP contribution is 2.64. The van der Waals surface area contributed by atoms with E-state index in [4.69, 9.17) is 15.6 Å². The van der Waals surface area contributed by atoms with E-state index in [-0.39, 0.29) is 11.3 Å². The average Bonchev–Trinajstić information content (AvgIpc) is 3.44. The molecular formula is C45H32N2O. The molecule has 9 rings (SSSR count). The molecule has 228 valence electrons. The summed E-state index contributed by atoms with van der Waals surface area (Å²) >= 11 is 0. The number of nitrogens with one attached hydrogen (secondary N) is 2. The molecule has 3 nitrogen and oxygen atoms in total. The highest BCUT2D eigenvalue weighted by molar-refractivity contribution is 6.18. The molecule has 1 heterocycles. The van der Waals surface area contributed by atoms with Gasteiger partial charge < -0.3 is 15.6 Å². The molecule has 6 aromatic rings. The van der Waals surface area contributed by atoms with Crippen LogP contribution in [0, 0.1) is 16.7 Å². The van der Waals surface area contributed by atoms with E-state index in [1.54, 1.807) is 12.2 Å². The first kappa shape index (κ1) is 28.2. The molecule has 2 aliphatic carbocycles. The molecule has 0 radical (unpaired) electrons. The van der Waals surface area contributed by atoms with Crippen molar-refractivity contribution in [1.29, 1.82) is 10.8 Å². The van der Waals surface area contributed by atoms with Gasteiger partial charge in [0.1, 0.15) is 11.5 Å². The number of benzene rings is 6. The van der Waals surface area contributed by atoms with Crippen molar-refractivity contribution in [2.45, 2.75) is 11.3 Å². The van der Waals surface area contributed by atoms with E-state index >= 15 is 0 Å². The number of hydrogen-bond acceptors (Lipinski definition) is 3. The fourth-order valence-electron chi connectivity index (χ4n) is 8.23. The zero-order valence-corrected chi connectivity index (χ0v) is 26.2. The first-order chi connectivity index (χ1) is 23.6. The van der Waals surface area contributed by atoms with Crippen LogP contribution in [0.5, 0.6) is 11.5 Å². The summed E-state index contributed by atoms with van der Waals surface area (Å²) in [4.78, 5) is 0. The molecule has 0 saturated heterocycles. The predicted octanol–water partition coefficient (Wildman–Crippen LogP) is 10.8. The van der Waals surface area contributed by atoms with E-state index < -0.39 is 0 Å². The second-order valence-electron chi connectivity index (χ2n) is 12.8. The lowest BCUT2D eigenvalue weighted by atomic mass is 9.62. The van der Waals surface area contributed by atoms with Crippen molar-refractivity contribution in [3.63, 3.8) is 0 Å². The van der Waals surface area contributed by atoms with Gasteiger partial charge >= 0.3 is 0 Å². The zero-order chi connectivity index (χ0) is 32.2. The summed E-state index contributed by atoms with van der Waals surface area (Å²) in [5.41, 5.74) is 9.19. The number of para-hydroxylation sites is 1. The van der Waals surface area contributed by atoms with E-state index in [1.807, 2.05) is 42.5 Å². The molecule has 2 N–H and O–H groups in total.